The molecule has 0 atom stereocenters. The Bertz CT molecular complexity index is 664. The highest BCUT2D eigenvalue weighted by atomic mass is 79.9. The van der Waals surface area contributed by atoms with Crippen molar-refractivity contribution < 1.29 is 9.53 Å². The predicted octanol–water partition coefficient (Wildman–Crippen LogP) is 2.99. The maximum Gasteiger partial charge on any atom is 0.277 e. The molecule has 0 spiro atoms. The number of aromatic nitrogens is 1. The van der Waals surface area contributed by atoms with Gasteiger partial charge in [-0.05, 0) is 53.0 Å². The van der Waals surface area contributed by atoms with Crippen LogP contribution in [0.1, 0.15) is 16.7 Å². The van der Waals surface area contributed by atoms with Crippen LogP contribution in [-0.2, 0) is 4.79 Å². The van der Waals surface area contributed by atoms with Crippen LogP contribution in [0.15, 0.2) is 46.2 Å². The van der Waals surface area contributed by atoms with Crippen LogP contribution in [0.2, 0.25) is 0 Å². The Labute approximate surface area is 137 Å². The van der Waals surface area contributed by atoms with Crippen LogP contribution < -0.4 is 10.2 Å². The average Bonchev–Trinajstić information content (AvgIpc) is 2.47. The van der Waals surface area contributed by atoms with Gasteiger partial charge in [0.2, 0.25) is 0 Å². The van der Waals surface area contributed by atoms with Gasteiger partial charge in [0.15, 0.2) is 6.61 Å². The van der Waals surface area contributed by atoms with E-state index in [1.165, 1.54) is 6.21 Å². The van der Waals surface area contributed by atoms with Crippen LogP contribution in [0.4, 0.5) is 0 Å². The summed E-state index contributed by atoms with van der Waals surface area (Å²) in [5, 5.41) is 3.86. The second-order valence-electron chi connectivity index (χ2n) is 4.76. The van der Waals surface area contributed by atoms with E-state index in [2.05, 4.69) is 31.4 Å². The van der Waals surface area contributed by atoms with Crippen LogP contribution in [0.25, 0.3) is 0 Å². The van der Waals surface area contributed by atoms with Crippen molar-refractivity contribution in [3.63, 3.8) is 0 Å². The molecule has 0 saturated heterocycles. The van der Waals surface area contributed by atoms with E-state index in [0.29, 0.717) is 5.75 Å². The number of hydrazone groups is 1. The Morgan fingerprint density at radius 3 is 2.95 bits per heavy atom. The summed E-state index contributed by atoms with van der Waals surface area (Å²) in [6.45, 7) is 3.83. The highest BCUT2D eigenvalue weighted by Gasteiger charge is 2.08. The molecule has 1 aromatic carbocycles. The predicted molar refractivity (Wildman–Crippen MR) is 89.1 cm³/mol. The van der Waals surface area contributed by atoms with Gasteiger partial charge in [-0.15, -0.1) is 0 Å². The van der Waals surface area contributed by atoms with Crippen LogP contribution in [0.3, 0.4) is 0 Å². The molecule has 1 N–H and O–H groups in total. The number of hydrogen-bond acceptors (Lipinski definition) is 4. The van der Waals surface area contributed by atoms with Gasteiger partial charge in [0.25, 0.3) is 5.91 Å². The van der Waals surface area contributed by atoms with E-state index in [0.717, 1.165) is 21.2 Å². The fourth-order valence-electron chi connectivity index (χ4n) is 1.89. The summed E-state index contributed by atoms with van der Waals surface area (Å²) in [6.07, 6.45) is 4.85. The SMILES string of the molecule is Cc1cc(C)c(OCC(=O)N/N=C\c2cccnc2)c(Br)c1. The summed E-state index contributed by atoms with van der Waals surface area (Å²) in [7, 11) is 0. The van der Waals surface area contributed by atoms with Crippen molar-refractivity contribution in [2.45, 2.75) is 13.8 Å². The molecule has 0 aliphatic carbocycles. The molecule has 2 aromatic rings. The summed E-state index contributed by atoms with van der Waals surface area (Å²) in [4.78, 5) is 15.7. The number of nitrogens with one attached hydrogen (secondary N) is 1. The summed E-state index contributed by atoms with van der Waals surface area (Å²) in [5.41, 5.74) is 5.32. The zero-order valence-corrected chi connectivity index (χ0v) is 13.9. The van der Waals surface area contributed by atoms with E-state index >= 15 is 0 Å². The maximum atomic E-state index is 11.7. The van der Waals surface area contributed by atoms with Crippen molar-refractivity contribution in [1.82, 2.24) is 10.4 Å². The van der Waals surface area contributed by atoms with Crippen molar-refractivity contribution in [2.24, 2.45) is 5.10 Å². The molecule has 0 aliphatic heterocycles. The van der Waals surface area contributed by atoms with Crippen molar-refractivity contribution >= 4 is 28.1 Å². The average molecular weight is 362 g/mol. The number of ether oxygens (including phenoxy) is 1. The van der Waals surface area contributed by atoms with Crippen LogP contribution in [-0.4, -0.2) is 23.7 Å². The van der Waals surface area contributed by atoms with E-state index in [9.17, 15) is 4.79 Å². The number of aryl methyl sites for hydroxylation is 2. The normalized spacial score (nSPS) is 10.7. The fraction of sp³-hybridized carbons (Fsp3) is 0.188. The molecule has 0 fully saturated rings. The molecule has 0 unspecified atom stereocenters. The van der Waals surface area contributed by atoms with Crippen LogP contribution in [0, 0.1) is 13.8 Å². The lowest BCUT2D eigenvalue weighted by Crippen LogP contribution is -2.24. The first-order chi connectivity index (χ1) is 10.6. The molecule has 1 amide bonds. The Kier molecular flexibility index (Phi) is 5.66. The number of amides is 1. The summed E-state index contributed by atoms with van der Waals surface area (Å²) >= 11 is 3.44. The van der Waals surface area contributed by atoms with E-state index in [1.807, 2.05) is 32.0 Å². The minimum atomic E-state index is -0.327. The van der Waals surface area contributed by atoms with E-state index in [1.54, 1.807) is 18.5 Å². The number of benzene rings is 1. The summed E-state index contributed by atoms with van der Waals surface area (Å²) in [5.74, 6) is 0.337. The van der Waals surface area contributed by atoms with E-state index in [4.69, 9.17) is 4.74 Å². The Morgan fingerprint density at radius 2 is 2.27 bits per heavy atom. The second-order valence-corrected chi connectivity index (χ2v) is 5.62. The molecule has 0 bridgehead atoms. The van der Waals surface area contributed by atoms with E-state index in [-0.39, 0.29) is 12.5 Å². The second kappa shape index (κ2) is 7.70. The van der Waals surface area contributed by atoms with Gasteiger partial charge in [0, 0.05) is 18.0 Å². The number of carbonyl (C=O) groups excluding carboxylic acids is 1. The monoisotopic (exact) mass is 361 g/mol. The molecule has 114 valence electrons. The van der Waals surface area contributed by atoms with Crippen LogP contribution in [0.5, 0.6) is 5.75 Å². The molecule has 1 heterocycles. The first kappa shape index (κ1) is 16.2. The van der Waals surface area contributed by atoms with Gasteiger partial charge in [-0.2, -0.15) is 5.10 Å². The number of pyridine rings is 1. The lowest BCUT2D eigenvalue weighted by Gasteiger charge is -2.11. The van der Waals surface area contributed by atoms with Crippen molar-refractivity contribution in [3.8, 4) is 5.75 Å². The van der Waals surface area contributed by atoms with Crippen molar-refractivity contribution in [2.75, 3.05) is 6.61 Å². The molecule has 0 radical (unpaired) electrons. The van der Waals surface area contributed by atoms with Gasteiger partial charge in [0.05, 0.1) is 10.7 Å². The topological polar surface area (TPSA) is 63.6 Å². The Morgan fingerprint density at radius 1 is 1.45 bits per heavy atom. The highest BCUT2D eigenvalue weighted by Crippen LogP contribution is 2.29. The zero-order valence-electron chi connectivity index (χ0n) is 12.3. The minimum absolute atomic E-state index is 0.104. The number of halogens is 1. The standard InChI is InChI=1S/C16H16BrN3O2/c1-11-6-12(2)16(14(17)7-11)22-10-15(21)20-19-9-13-4-3-5-18-8-13/h3-9H,10H2,1-2H3,(H,20,21)/b19-9-. The van der Waals surface area contributed by atoms with E-state index < -0.39 is 0 Å². The molecule has 22 heavy (non-hydrogen) atoms. The Hall–Kier alpha value is -2.21. The number of nitrogens with zero attached hydrogens (tertiary/aromatic N) is 2. The third-order valence-corrected chi connectivity index (χ3v) is 3.40. The van der Waals surface area contributed by atoms with Gasteiger partial charge in [-0.1, -0.05) is 12.1 Å². The number of rotatable bonds is 5. The molecule has 2 rings (SSSR count). The molecule has 0 aliphatic rings. The largest absolute Gasteiger partial charge is 0.482 e. The quantitative estimate of drug-likeness (QED) is 0.657. The summed E-state index contributed by atoms with van der Waals surface area (Å²) in [6, 6.07) is 7.58. The first-order valence-electron chi connectivity index (χ1n) is 6.68. The first-order valence-corrected chi connectivity index (χ1v) is 7.47. The molecular formula is C16H16BrN3O2. The minimum Gasteiger partial charge on any atom is -0.482 e. The smallest absolute Gasteiger partial charge is 0.277 e. The zero-order chi connectivity index (χ0) is 15.9. The van der Waals surface area contributed by atoms with Gasteiger partial charge in [-0.3, -0.25) is 9.78 Å². The van der Waals surface area contributed by atoms with Crippen molar-refractivity contribution in [1.29, 1.82) is 0 Å². The number of hydrogen-bond donors (Lipinski definition) is 1. The third-order valence-electron chi connectivity index (χ3n) is 2.81. The molecular weight excluding hydrogens is 346 g/mol. The van der Waals surface area contributed by atoms with Gasteiger partial charge in [-0.25, -0.2) is 5.43 Å². The Balaban J connectivity index is 1.87. The lowest BCUT2D eigenvalue weighted by molar-refractivity contribution is -0.123. The molecule has 1 aromatic heterocycles. The molecule has 0 saturated carbocycles. The summed E-state index contributed by atoms with van der Waals surface area (Å²) < 4.78 is 6.37. The third kappa shape index (κ3) is 4.66. The lowest BCUT2D eigenvalue weighted by atomic mass is 10.1. The highest BCUT2D eigenvalue weighted by molar-refractivity contribution is 9.10. The molecule has 5 nitrogen and oxygen atoms in total. The van der Waals surface area contributed by atoms with Crippen LogP contribution >= 0.6 is 15.9 Å². The van der Waals surface area contributed by atoms with Gasteiger partial charge >= 0.3 is 0 Å². The maximum absolute atomic E-state index is 11.7. The van der Waals surface area contributed by atoms with Gasteiger partial charge in [0.1, 0.15) is 5.75 Å². The van der Waals surface area contributed by atoms with Gasteiger partial charge < -0.3 is 4.74 Å². The molecule has 6 heteroatoms. The van der Waals surface area contributed by atoms with Crippen molar-refractivity contribution in [3.05, 3.63) is 57.8 Å². The fourth-order valence-corrected chi connectivity index (χ4v) is 2.67. The number of carbonyl (C=O) groups is 1.